The van der Waals surface area contributed by atoms with Crippen molar-refractivity contribution in [1.82, 2.24) is 14.8 Å². The quantitative estimate of drug-likeness (QED) is 0.272. The number of hydrogen-bond donors (Lipinski definition) is 1. The number of aryl methyl sites for hydroxylation is 3. The molecule has 2 aromatic carbocycles. The maximum atomic E-state index is 12.7. The van der Waals surface area contributed by atoms with Gasteiger partial charge < -0.3 is 10.1 Å². The van der Waals surface area contributed by atoms with Crippen molar-refractivity contribution in [3.05, 3.63) is 76.6 Å². The topological polar surface area (TPSA) is 69.0 Å². The minimum atomic E-state index is -0.0710. The van der Waals surface area contributed by atoms with Crippen molar-refractivity contribution in [2.24, 2.45) is 0 Å². The Morgan fingerprint density at radius 1 is 1.21 bits per heavy atom. The number of benzene rings is 2. The molecule has 1 amide bonds. The number of allylic oxidation sites excluding steroid dienone is 1. The number of amides is 1. The van der Waals surface area contributed by atoms with Crippen LogP contribution in [0.4, 0.5) is 5.69 Å². The molecule has 174 valence electrons. The first-order valence-corrected chi connectivity index (χ1v) is 12.3. The SMILES string of the molecule is C=CCn1c(COc2ccc(Cl)cc2C)nnc1SCC(=O)Nc1c(CC)cccc1CC. The lowest BCUT2D eigenvalue weighted by Crippen LogP contribution is -2.17. The van der Waals surface area contributed by atoms with Gasteiger partial charge in [0.2, 0.25) is 5.91 Å². The van der Waals surface area contributed by atoms with Crippen LogP contribution in [0.2, 0.25) is 5.02 Å². The molecule has 1 heterocycles. The molecule has 3 rings (SSSR count). The molecule has 0 saturated carbocycles. The fraction of sp³-hybridized carbons (Fsp3) is 0.320. The van der Waals surface area contributed by atoms with Crippen molar-refractivity contribution < 1.29 is 9.53 Å². The molecule has 0 aliphatic rings. The maximum Gasteiger partial charge on any atom is 0.234 e. The number of carbonyl (C=O) groups is 1. The van der Waals surface area contributed by atoms with Gasteiger partial charge in [-0.3, -0.25) is 9.36 Å². The summed E-state index contributed by atoms with van der Waals surface area (Å²) in [6, 6.07) is 11.6. The summed E-state index contributed by atoms with van der Waals surface area (Å²) in [5.41, 5.74) is 4.15. The number of nitrogens with one attached hydrogen (secondary N) is 1. The summed E-state index contributed by atoms with van der Waals surface area (Å²) in [5, 5.41) is 13.0. The highest BCUT2D eigenvalue weighted by molar-refractivity contribution is 7.99. The highest BCUT2D eigenvalue weighted by atomic mass is 35.5. The van der Waals surface area contributed by atoms with Gasteiger partial charge in [0, 0.05) is 17.3 Å². The van der Waals surface area contributed by atoms with E-state index in [0.29, 0.717) is 22.5 Å². The van der Waals surface area contributed by atoms with Gasteiger partial charge >= 0.3 is 0 Å². The third kappa shape index (κ3) is 6.39. The number of anilines is 1. The third-order valence-electron chi connectivity index (χ3n) is 5.19. The number of para-hydroxylation sites is 1. The number of halogens is 1. The van der Waals surface area contributed by atoms with Crippen LogP contribution in [0.5, 0.6) is 5.75 Å². The van der Waals surface area contributed by atoms with Crippen LogP contribution < -0.4 is 10.1 Å². The summed E-state index contributed by atoms with van der Waals surface area (Å²) in [4.78, 5) is 12.7. The molecular weight excluding hydrogens is 456 g/mol. The van der Waals surface area contributed by atoms with Crippen molar-refractivity contribution in [3.8, 4) is 5.75 Å². The number of carbonyl (C=O) groups excluding carboxylic acids is 1. The summed E-state index contributed by atoms with van der Waals surface area (Å²) < 4.78 is 7.84. The zero-order valence-corrected chi connectivity index (χ0v) is 20.8. The van der Waals surface area contributed by atoms with Crippen LogP contribution in [0.25, 0.3) is 0 Å². The zero-order chi connectivity index (χ0) is 23.8. The average molecular weight is 485 g/mol. The molecule has 0 bridgehead atoms. The minimum absolute atomic E-state index is 0.0710. The molecular formula is C25H29ClN4O2S. The third-order valence-corrected chi connectivity index (χ3v) is 6.40. The van der Waals surface area contributed by atoms with E-state index in [-0.39, 0.29) is 18.3 Å². The van der Waals surface area contributed by atoms with Gasteiger partial charge in [0.1, 0.15) is 12.4 Å². The van der Waals surface area contributed by atoms with Crippen LogP contribution in [0.3, 0.4) is 0 Å². The van der Waals surface area contributed by atoms with Gasteiger partial charge in [0.25, 0.3) is 0 Å². The van der Waals surface area contributed by atoms with E-state index in [4.69, 9.17) is 16.3 Å². The van der Waals surface area contributed by atoms with Crippen LogP contribution in [-0.4, -0.2) is 26.4 Å². The van der Waals surface area contributed by atoms with Gasteiger partial charge in [-0.2, -0.15) is 0 Å². The lowest BCUT2D eigenvalue weighted by Gasteiger charge is -2.14. The van der Waals surface area contributed by atoms with Crippen molar-refractivity contribution in [2.75, 3.05) is 11.1 Å². The molecule has 1 aromatic heterocycles. The lowest BCUT2D eigenvalue weighted by atomic mass is 10.0. The Labute approximate surface area is 204 Å². The highest BCUT2D eigenvalue weighted by Crippen LogP contribution is 2.25. The Morgan fingerprint density at radius 3 is 2.58 bits per heavy atom. The molecule has 0 aliphatic heterocycles. The van der Waals surface area contributed by atoms with E-state index < -0.39 is 0 Å². The van der Waals surface area contributed by atoms with E-state index >= 15 is 0 Å². The van der Waals surface area contributed by atoms with E-state index in [2.05, 4.69) is 48.1 Å². The molecule has 0 spiro atoms. The van der Waals surface area contributed by atoms with Crippen LogP contribution in [0.1, 0.15) is 36.4 Å². The number of aromatic nitrogens is 3. The van der Waals surface area contributed by atoms with Gasteiger partial charge in [-0.15, -0.1) is 16.8 Å². The van der Waals surface area contributed by atoms with E-state index in [1.807, 2.05) is 29.7 Å². The van der Waals surface area contributed by atoms with Crippen LogP contribution in [0, 0.1) is 6.92 Å². The Morgan fingerprint density at radius 2 is 1.94 bits per heavy atom. The predicted octanol–water partition coefficient (Wildman–Crippen LogP) is 5.86. The molecule has 0 aliphatic carbocycles. The van der Waals surface area contributed by atoms with E-state index in [0.717, 1.165) is 41.0 Å². The molecule has 0 atom stereocenters. The summed E-state index contributed by atoms with van der Waals surface area (Å²) >= 11 is 7.37. The van der Waals surface area contributed by atoms with Crippen molar-refractivity contribution >= 4 is 35.0 Å². The van der Waals surface area contributed by atoms with Crippen LogP contribution >= 0.6 is 23.4 Å². The Hall–Kier alpha value is -2.77. The minimum Gasteiger partial charge on any atom is -0.485 e. The summed E-state index contributed by atoms with van der Waals surface area (Å²) in [6.07, 6.45) is 3.50. The number of ether oxygens (including phenoxy) is 1. The summed E-state index contributed by atoms with van der Waals surface area (Å²) in [5.74, 6) is 1.56. The molecule has 8 heteroatoms. The van der Waals surface area contributed by atoms with E-state index in [1.165, 1.54) is 11.8 Å². The van der Waals surface area contributed by atoms with Crippen molar-refractivity contribution in [3.63, 3.8) is 0 Å². The monoisotopic (exact) mass is 484 g/mol. The van der Waals surface area contributed by atoms with Gasteiger partial charge in [0.05, 0.1) is 5.75 Å². The standard InChI is InChI=1S/C25H29ClN4O2S/c1-5-13-30-22(15-32-21-12-11-20(26)14-17(21)4)28-29-25(30)33-16-23(31)27-24-18(6-2)9-8-10-19(24)7-3/h5,8-12,14H,1,6-7,13,15-16H2,2-4H3,(H,27,31). The molecule has 0 radical (unpaired) electrons. The molecule has 3 aromatic rings. The zero-order valence-electron chi connectivity index (χ0n) is 19.2. The number of nitrogens with zero attached hydrogens (tertiary/aromatic N) is 3. The second-order valence-electron chi connectivity index (χ2n) is 7.49. The maximum absolute atomic E-state index is 12.7. The lowest BCUT2D eigenvalue weighted by molar-refractivity contribution is -0.113. The van der Waals surface area contributed by atoms with Crippen LogP contribution in [0.15, 0.2) is 54.2 Å². The van der Waals surface area contributed by atoms with Gasteiger partial charge in [-0.25, -0.2) is 0 Å². The number of thioether (sulfide) groups is 1. The Bertz CT molecular complexity index is 1110. The fourth-order valence-corrected chi connectivity index (χ4v) is 4.46. The second kappa shape index (κ2) is 11.9. The Balaban J connectivity index is 1.67. The summed E-state index contributed by atoms with van der Waals surface area (Å²) in [6.45, 7) is 10.7. The van der Waals surface area contributed by atoms with Gasteiger partial charge in [-0.1, -0.05) is 61.5 Å². The number of rotatable bonds is 11. The second-order valence-corrected chi connectivity index (χ2v) is 8.87. The highest BCUT2D eigenvalue weighted by Gasteiger charge is 2.16. The Kier molecular flexibility index (Phi) is 8.97. The first kappa shape index (κ1) is 24.9. The fourth-order valence-electron chi connectivity index (χ4n) is 3.47. The molecule has 0 fully saturated rings. The van der Waals surface area contributed by atoms with E-state index in [9.17, 15) is 4.79 Å². The van der Waals surface area contributed by atoms with Crippen molar-refractivity contribution in [2.45, 2.75) is 51.9 Å². The van der Waals surface area contributed by atoms with Gasteiger partial charge in [-0.05, 0) is 54.7 Å². The molecule has 1 N–H and O–H groups in total. The first-order valence-electron chi connectivity index (χ1n) is 10.9. The van der Waals surface area contributed by atoms with Crippen molar-refractivity contribution in [1.29, 1.82) is 0 Å². The molecule has 33 heavy (non-hydrogen) atoms. The molecule has 0 unspecified atom stereocenters. The largest absolute Gasteiger partial charge is 0.485 e. The van der Waals surface area contributed by atoms with Crippen LogP contribution in [-0.2, 0) is 30.8 Å². The van der Waals surface area contributed by atoms with E-state index in [1.54, 1.807) is 12.1 Å². The number of hydrogen-bond acceptors (Lipinski definition) is 5. The predicted molar refractivity (Wildman–Crippen MR) is 135 cm³/mol. The summed E-state index contributed by atoms with van der Waals surface area (Å²) in [7, 11) is 0. The average Bonchev–Trinajstić information content (AvgIpc) is 3.19. The van der Waals surface area contributed by atoms with Gasteiger partial charge in [0.15, 0.2) is 11.0 Å². The smallest absolute Gasteiger partial charge is 0.234 e. The molecule has 0 saturated heterocycles. The molecule has 6 nitrogen and oxygen atoms in total. The normalized spacial score (nSPS) is 10.8. The first-order chi connectivity index (χ1) is 16.0.